The number of nitrogens with zero attached hydrogens (tertiary/aromatic N) is 4. The predicted molar refractivity (Wildman–Crippen MR) is 253 cm³/mol. The predicted octanol–water partition coefficient (Wildman–Crippen LogP) is 9.05. The van der Waals surface area contributed by atoms with E-state index in [4.69, 9.17) is 18.9 Å². The molecule has 0 aliphatic carbocycles. The molecule has 4 heterocycles. The van der Waals surface area contributed by atoms with Crippen LogP contribution in [0.1, 0.15) is 178 Å². The summed E-state index contributed by atoms with van der Waals surface area (Å²) in [6, 6.07) is 9.15. The fourth-order valence-corrected chi connectivity index (χ4v) is 11.8. The maximum Gasteiger partial charge on any atom is 0.339 e. The van der Waals surface area contributed by atoms with Crippen LogP contribution in [0.5, 0.6) is 0 Å². The number of benzene rings is 2. The van der Waals surface area contributed by atoms with E-state index in [-0.39, 0.29) is 72.4 Å². The van der Waals surface area contributed by atoms with Crippen LogP contribution in [0.4, 0.5) is 0 Å². The molecule has 0 radical (unpaired) electrons. The van der Waals surface area contributed by atoms with Crippen LogP contribution in [0.3, 0.4) is 0 Å². The van der Waals surface area contributed by atoms with Crippen molar-refractivity contribution >= 4 is 23.9 Å². The van der Waals surface area contributed by atoms with Gasteiger partial charge in [0.1, 0.15) is 0 Å². The smallest absolute Gasteiger partial charge is 0.339 e. The van der Waals surface area contributed by atoms with E-state index < -0.39 is 68.2 Å². The normalized spacial score (nSPS) is 27.8. The standard InChI is InChI=1S/C52H78N4O12/c1-45(2)23-33(49(9,10)53(45)61)27-65-41(57)37-19-17-31(21-39(37)43(59)67-29-35-25-47(5,6)55(63)51(35,13)14)32-18-20-38(42(58)66-28-34-24-46(3,4)54(62)50(34,11)12)40(22-32)44(60)68-30-36-26-48(7,8)56(64)52(36,15)16/h17-22,33-36,61-64H,23-30H2,1-16H3. The fraction of sp³-hybridized carbons (Fsp3) is 0.692. The van der Waals surface area contributed by atoms with Gasteiger partial charge in [0.25, 0.3) is 0 Å². The van der Waals surface area contributed by atoms with Crippen LogP contribution in [0, 0.1) is 23.7 Å². The molecular formula is C52H78N4O12. The van der Waals surface area contributed by atoms with Crippen molar-refractivity contribution in [1.29, 1.82) is 0 Å². The molecule has 4 fully saturated rings. The molecule has 6 rings (SSSR count). The SMILES string of the molecule is CC1(C)CC(COC(=O)c2ccc(-c3ccc(C(=O)OCC4CC(C)(C)N(O)C4(C)C)c(C(=O)OCC4CC(C)(C)N(O)C4(C)C)c3)cc2C(=O)OCC2CC(C)(C)N(O)C2(C)C)C(C)(C)N1O. The molecule has 4 aliphatic rings. The lowest BCUT2D eigenvalue weighted by Crippen LogP contribution is -2.48. The van der Waals surface area contributed by atoms with E-state index in [0.29, 0.717) is 36.8 Å². The molecule has 0 aromatic heterocycles. The number of carbonyl (C=O) groups excluding carboxylic acids is 4. The number of hydrogen-bond acceptors (Lipinski definition) is 16. The van der Waals surface area contributed by atoms with Gasteiger partial charge in [0.05, 0.1) is 48.7 Å². The zero-order valence-corrected chi connectivity index (χ0v) is 43.3. The second-order valence-corrected chi connectivity index (χ2v) is 24.6. The molecule has 378 valence electrons. The molecule has 0 spiro atoms. The lowest BCUT2D eigenvalue weighted by atomic mass is 9.87. The summed E-state index contributed by atoms with van der Waals surface area (Å²) < 4.78 is 23.7. The van der Waals surface area contributed by atoms with Crippen LogP contribution >= 0.6 is 0 Å². The van der Waals surface area contributed by atoms with Crippen LogP contribution in [0.25, 0.3) is 11.1 Å². The van der Waals surface area contributed by atoms with Crippen molar-refractivity contribution in [3.8, 4) is 11.1 Å². The second-order valence-electron chi connectivity index (χ2n) is 24.6. The monoisotopic (exact) mass is 951 g/mol. The van der Waals surface area contributed by atoms with Crippen LogP contribution < -0.4 is 0 Å². The highest BCUT2D eigenvalue weighted by Gasteiger charge is 2.55. The van der Waals surface area contributed by atoms with Gasteiger partial charge in [0, 0.05) is 68.0 Å². The van der Waals surface area contributed by atoms with Crippen LogP contribution in [0.2, 0.25) is 0 Å². The zero-order valence-electron chi connectivity index (χ0n) is 43.3. The quantitative estimate of drug-likeness (QED) is 0.109. The number of hydroxylamine groups is 8. The number of ether oxygens (including phenoxy) is 4. The minimum Gasteiger partial charge on any atom is -0.462 e. The van der Waals surface area contributed by atoms with Crippen molar-refractivity contribution in [2.45, 2.75) is 181 Å². The van der Waals surface area contributed by atoms with E-state index in [1.165, 1.54) is 44.5 Å². The first kappa shape index (κ1) is 53.4. The molecule has 0 amide bonds. The van der Waals surface area contributed by atoms with Gasteiger partial charge >= 0.3 is 23.9 Å². The first-order chi connectivity index (χ1) is 31.0. The highest BCUT2D eigenvalue weighted by molar-refractivity contribution is 6.06. The summed E-state index contributed by atoms with van der Waals surface area (Å²) in [4.78, 5) is 56.6. The number of esters is 4. The van der Waals surface area contributed by atoms with Gasteiger partial charge in [-0.1, -0.05) is 12.1 Å². The minimum absolute atomic E-state index is 0.0244. The van der Waals surface area contributed by atoms with E-state index in [9.17, 15) is 40.0 Å². The Kier molecular flexibility index (Phi) is 14.1. The summed E-state index contributed by atoms with van der Waals surface area (Å²) >= 11 is 0. The molecule has 4 aliphatic heterocycles. The summed E-state index contributed by atoms with van der Waals surface area (Å²) in [6.45, 7) is 30.2. The Bertz CT molecular complexity index is 2120. The third-order valence-corrected chi connectivity index (χ3v) is 16.4. The summed E-state index contributed by atoms with van der Waals surface area (Å²) in [5, 5.41) is 48.9. The number of hydrogen-bond donors (Lipinski definition) is 4. The molecule has 16 nitrogen and oxygen atoms in total. The van der Waals surface area contributed by atoms with Gasteiger partial charge < -0.3 is 39.8 Å². The third-order valence-electron chi connectivity index (χ3n) is 16.4. The summed E-state index contributed by atoms with van der Waals surface area (Å²) in [5.41, 5.74) is -4.60. The maximum atomic E-state index is 14.3. The first-order valence-corrected chi connectivity index (χ1v) is 23.9. The Balaban J connectivity index is 1.34. The van der Waals surface area contributed by atoms with Gasteiger partial charge in [-0.05, 0) is 172 Å². The van der Waals surface area contributed by atoms with Crippen molar-refractivity contribution in [2.24, 2.45) is 23.7 Å². The minimum atomic E-state index is -0.799. The zero-order chi connectivity index (χ0) is 51.1. The van der Waals surface area contributed by atoms with Crippen molar-refractivity contribution in [2.75, 3.05) is 26.4 Å². The molecule has 4 atom stereocenters. The molecule has 2 aromatic rings. The van der Waals surface area contributed by atoms with Crippen LogP contribution in [-0.4, -0.2) is 136 Å². The lowest BCUT2D eigenvalue weighted by Gasteiger charge is -2.35. The Morgan fingerprint density at radius 3 is 0.794 bits per heavy atom. The molecule has 4 unspecified atom stereocenters. The van der Waals surface area contributed by atoms with Gasteiger partial charge in [-0.25, -0.2) is 19.2 Å². The molecule has 68 heavy (non-hydrogen) atoms. The van der Waals surface area contributed by atoms with E-state index in [2.05, 4.69) is 0 Å². The first-order valence-electron chi connectivity index (χ1n) is 23.9. The van der Waals surface area contributed by atoms with Crippen LogP contribution in [-0.2, 0) is 18.9 Å². The highest BCUT2D eigenvalue weighted by Crippen LogP contribution is 2.47. The lowest BCUT2D eigenvalue weighted by molar-refractivity contribution is -0.198. The molecule has 0 bridgehead atoms. The van der Waals surface area contributed by atoms with E-state index >= 15 is 0 Å². The Hall–Kier alpha value is -4.00. The maximum absolute atomic E-state index is 14.3. The summed E-state index contributed by atoms with van der Waals surface area (Å²) in [6.07, 6.45) is 2.17. The highest BCUT2D eigenvalue weighted by atomic mass is 16.6. The Morgan fingerprint density at radius 1 is 0.397 bits per heavy atom. The molecule has 2 aromatic carbocycles. The molecule has 4 saturated heterocycles. The molecule has 16 heteroatoms. The average molecular weight is 951 g/mol. The molecular weight excluding hydrogens is 873 g/mol. The largest absolute Gasteiger partial charge is 0.462 e. The average Bonchev–Trinajstić information content (AvgIpc) is 3.68. The Morgan fingerprint density at radius 2 is 0.603 bits per heavy atom. The molecule has 4 N–H and O–H groups in total. The number of carbonyl (C=O) groups is 4. The van der Waals surface area contributed by atoms with Gasteiger partial charge in [0.15, 0.2) is 0 Å². The third kappa shape index (κ3) is 9.73. The van der Waals surface area contributed by atoms with Crippen molar-refractivity contribution in [3.05, 3.63) is 58.7 Å². The summed E-state index contributed by atoms with van der Waals surface area (Å²) in [7, 11) is 0. The van der Waals surface area contributed by atoms with Crippen LogP contribution in [0.15, 0.2) is 36.4 Å². The fourth-order valence-electron chi connectivity index (χ4n) is 11.8. The van der Waals surface area contributed by atoms with Gasteiger partial charge in [-0.2, -0.15) is 20.3 Å². The van der Waals surface area contributed by atoms with Gasteiger partial charge in [-0.3, -0.25) is 0 Å². The summed E-state index contributed by atoms with van der Waals surface area (Å²) in [5.74, 6) is -4.10. The van der Waals surface area contributed by atoms with Gasteiger partial charge in [-0.15, -0.1) is 0 Å². The molecule has 0 saturated carbocycles. The topological polar surface area (TPSA) is 199 Å². The van der Waals surface area contributed by atoms with E-state index in [0.717, 1.165) is 0 Å². The Labute approximate surface area is 402 Å². The van der Waals surface area contributed by atoms with E-state index in [1.54, 1.807) is 12.1 Å². The second kappa shape index (κ2) is 18.0. The van der Waals surface area contributed by atoms with Gasteiger partial charge in [0.2, 0.25) is 0 Å². The van der Waals surface area contributed by atoms with E-state index in [1.807, 2.05) is 111 Å². The number of rotatable bonds is 13. The van der Waals surface area contributed by atoms with Crippen molar-refractivity contribution in [1.82, 2.24) is 20.3 Å². The van der Waals surface area contributed by atoms with Crippen molar-refractivity contribution < 1.29 is 59.0 Å². The van der Waals surface area contributed by atoms with Crippen molar-refractivity contribution in [3.63, 3.8) is 0 Å².